The molecule has 1 heterocycles. The number of carbonyl (C=O) groups is 1. The quantitative estimate of drug-likeness (QED) is 0.526. The van der Waals surface area contributed by atoms with Crippen LogP contribution in [0.5, 0.6) is 0 Å². The van der Waals surface area contributed by atoms with E-state index in [0.717, 1.165) is 16.6 Å². The highest BCUT2D eigenvalue weighted by molar-refractivity contribution is 7.99. The number of benzene rings is 2. The van der Waals surface area contributed by atoms with Crippen LogP contribution in [0.3, 0.4) is 0 Å². The Bertz CT molecular complexity index is 1030. The highest BCUT2D eigenvalue weighted by Gasteiger charge is 2.28. The van der Waals surface area contributed by atoms with Crippen LogP contribution in [0.4, 0.5) is 0 Å². The molecule has 1 aliphatic carbocycles. The first-order valence-electron chi connectivity index (χ1n) is 12.3. The van der Waals surface area contributed by atoms with E-state index < -0.39 is 10.0 Å². The Kier molecular flexibility index (Phi) is 9.05. The first-order chi connectivity index (χ1) is 16.5. The van der Waals surface area contributed by atoms with Gasteiger partial charge in [-0.25, -0.2) is 8.42 Å². The van der Waals surface area contributed by atoms with Gasteiger partial charge >= 0.3 is 0 Å². The van der Waals surface area contributed by atoms with Crippen LogP contribution in [-0.4, -0.2) is 67.3 Å². The van der Waals surface area contributed by atoms with Gasteiger partial charge in [-0.2, -0.15) is 16.1 Å². The van der Waals surface area contributed by atoms with Gasteiger partial charge < -0.3 is 5.32 Å². The maximum atomic E-state index is 12.8. The predicted molar refractivity (Wildman–Crippen MR) is 139 cm³/mol. The molecule has 0 radical (unpaired) electrons. The molecular formula is C26H35N3O3S2. The number of hydrogen-bond donors (Lipinski definition) is 1. The SMILES string of the molecule is O=C(NCCSC1CCCCC1)c1cccc(CN2CCN(S(=O)(=O)c3ccccc3)CC2)c1. The molecular weight excluding hydrogens is 466 g/mol. The maximum absolute atomic E-state index is 12.8. The summed E-state index contributed by atoms with van der Waals surface area (Å²) >= 11 is 1.99. The minimum atomic E-state index is -3.44. The van der Waals surface area contributed by atoms with Crippen molar-refractivity contribution >= 4 is 27.7 Å². The zero-order valence-corrected chi connectivity index (χ0v) is 21.3. The van der Waals surface area contributed by atoms with Gasteiger partial charge in [-0.1, -0.05) is 49.6 Å². The van der Waals surface area contributed by atoms with Gasteiger partial charge in [-0.3, -0.25) is 9.69 Å². The summed E-state index contributed by atoms with van der Waals surface area (Å²) < 4.78 is 27.2. The van der Waals surface area contributed by atoms with E-state index in [1.807, 2.05) is 42.1 Å². The first kappa shape index (κ1) is 25.2. The molecule has 0 spiro atoms. The van der Waals surface area contributed by atoms with Gasteiger partial charge in [0.1, 0.15) is 0 Å². The fraction of sp³-hybridized carbons (Fsp3) is 0.500. The van der Waals surface area contributed by atoms with Crippen molar-refractivity contribution in [1.82, 2.24) is 14.5 Å². The van der Waals surface area contributed by atoms with Crippen molar-refractivity contribution in [3.05, 3.63) is 65.7 Å². The van der Waals surface area contributed by atoms with Crippen LogP contribution in [0, 0.1) is 0 Å². The second-order valence-electron chi connectivity index (χ2n) is 9.08. The van der Waals surface area contributed by atoms with Gasteiger partial charge in [0.15, 0.2) is 0 Å². The zero-order chi connectivity index (χ0) is 23.8. The van der Waals surface area contributed by atoms with E-state index in [-0.39, 0.29) is 5.91 Å². The molecule has 8 heteroatoms. The molecule has 2 aliphatic rings. The number of nitrogens with zero attached hydrogens (tertiary/aromatic N) is 2. The molecule has 6 nitrogen and oxygen atoms in total. The number of thioether (sulfide) groups is 1. The van der Waals surface area contributed by atoms with E-state index in [1.165, 1.54) is 32.1 Å². The Morgan fingerprint density at radius 3 is 2.41 bits per heavy atom. The van der Waals surface area contributed by atoms with E-state index >= 15 is 0 Å². The van der Waals surface area contributed by atoms with E-state index in [1.54, 1.807) is 28.6 Å². The number of rotatable bonds is 9. The molecule has 0 bridgehead atoms. The fourth-order valence-electron chi connectivity index (χ4n) is 4.66. The molecule has 0 unspecified atom stereocenters. The van der Waals surface area contributed by atoms with E-state index in [0.29, 0.717) is 49.7 Å². The number of piperazine rings is 1. The van der Waals surface area contributed by atoms with Gasteiger partial charge in [0.2, 0.25) is 10.0 Å². The minimum Gasteiger partial charge on any atom is -0.351 e. The van der Waals surface area contributed by atoms with Crippen molar-refractivity contribution in [3.63, 3.8) is 0 Å². The lowest BCUT2D eigenvalue weighted by molar-refractivity contribution is 0.0956. The third-order valence-electron chi connectivity index (χ3n) is 6.60. The lowest BCUT2D eigenvalue weighted by atomic mass is 10.0. The zero-order valence-electron chi connectivity index (χ0n) is 19.7. The Balaban J connectivity index is 1.23. The van der Waals surface area contributed by atoms with Crippen LogP contribution >= 0.6 is 11.8 Å². The van der Waals surface area contributed by atoms with Crippen molar-refractivity contribution < 1.29 is 13.2 Å². The molecule has 1 saturated heterocycles. The monoisotopic (exact) mass is 501 g/mol. The number of sulfonamides is 1. The standard InChI is InChI=1S/C26H35N3O3S2/c30-26(27-14-19-33-24-10-3-1-4-11-24)23-9-7-8-22(20-23)21-28-15-17-29(18-16-28)34(31,32)25-12-5-2-6-13-25/h2,5-9,12-13,20,24H,1,3-4,10-11,14-19,21H2,(H,27,30). The Morgan fingerprint density at radius 2 is 1.68 bits per heavy atom. The van der Waals surface area contributed by atoms with Crippen molar-refractivity contribution in [2.75, 3.05) is 38.5 Å². The lowest BCUT2D eigenvalue weighted by Gasteiger charge is -2.34. The van der Waals surface area contributed by atoms with E-state index in [9.17, 15) is 13.2 Å². The summed E-state index contributed by atoms with van der Waals surface area (Å²) in [5.74, 6) is 0.941. The van der Waals surface area contributed by atoms with Gasteiger partial charge in [0.05, 0.1) is 4.90 Å². The van der Waals surface area contributed by atoms with Crippen molar-refractivity contribution in [2.24, 2.45) is 0 Å². The van der Waals surface area contributed by atoms with Crippen LogP contribution in [0.25, 0.3) is 0 Å². The summed E-state index contributed by atoms with van der Waals surface area (Å²) in [6.45, 7) is 3.67. The summed E-state index contributed by atoms with van der Waals surface area (Å²) in [6, 6.07) is 16.4. The topological polar surface area (TPSA) is 69.7 Å². The highest BCUT2D eigenvalue weighted by atomic mass is 32.2. The molecule has 184 valence electrons. The third kappa shape index (κ3) is 6.84. The smallest absolute Gasteiger partial charge is 0.251 e. The number of nitrogens with one attached hydrogen (secondary N) is 1. The summed E-state index contributed by atoms with van der Waals surface area (Å²) in [6.07, 6.45) is 6.68. The van der Waals surface area contributed by atoms with Crippen LogP contribution in [0.1, 0.15) is 48.0 Å². The molecule has 1 aliphatic heterocycles. The van der Waals surface area contributed by atoms with Crippen molar-refractivity contribution in [2.45, 2.75) is 48.8 Å². The number of carbonyl (C=O) groups excluding carboxylic acids is 1. The average molecular weight is 502 g/mol. The number of hydrogen-bond acceptors (Lipinski definition) is 5. The van der Waals surface area contributed by atoms with Crippen LogP contribution in [-0.2, 0) is 16.6 Å². The molecule has 4 rings (SSSR count). The van der Waals surface area contributed by atoms with Crippen LogP contribution in [0.2, 0.25) is 0 Å². The van der Waals surface area contributed by atoms with Gasteiger partial charge in [-0.15, -0.1) is 0 Å². The Hall–Kier alpha value is -1.87. The van der Waals surface area contributed by atoms with Gasteiger partial charge in [0, 0.05) is 55.8 Å². The molecule has 0 atom stereocenters. The molecule has 0 aromatic heterocycles. The van der Waals surface area contributed by atoms with Crippen LogP contribution in [0.15, 0.2) is 59.5 Å². The lowest BCUT2D eigenvalue weighted by Crippen LogP contribution is -2.48. The molecule has 2 aromatic rings. The van der Waals surface area contributed by atoms with Crippen molar-refractivity contribution in [3.8, 4) is 0 Å². The largest absolute Gasteiger partial charge is 0.351 e. The Morgan fingerprint density at radius 1 is 0.941 bits per heavy atom. The number of amides is 1. The minimum absolute atomic E-state index is 0.0233. The molecule has 1 N–H and O–H groups in total. The first-order valence-corrected chi connectivity index (χ1v) is 14.8. The van der Waals surface area contributed by atoms with Gasteiger partial charge in [0.25, 0.3) is 5.91 Å². The second kappa shape index (κ2) is 12.2. The molecule has 2 fully saturated rings. The van der Waals surface area contributed by atoms with E-state index in [2.05, 4.69) is 10.2 Å². The van der Waals surface area contributed by atoms with Crippen LogP contribution < -0.4 is 5.32 Å². The average Bonchev–Trinajstić information content (AvgIpc) is 2.88. The Labute approximate surface area is 208 Å². The van der Waals surface area contributed by atoms with Crippen molar-refractivity contribution in [1.29, 1.82) is 0 Å². The second-order valence-corrected chi connectivity index (χ2v) is 12.4. The molecule has 2 aromatic carbocycles. The summed E-state index contributed by atoms with van der Waals surface area (Å²) in [4.78, 5) is 15.2. The summed E-state index contributed by atoms with van der Waals surface area (Å²) in [5, 5.41) is 3.82. The summed E-state index contributed by atoms with van der Waals surface area (Å²) in [7, 11) is -3.44. The van der Waals surface area contributed by atoms with Gasteiger partial charge in [-0.05, 0) is 42.7 Å². The third-order valence-corrected chi connectivity index (χ3v) is 9.90. The molecule has 34 heavy (non-hydrogen) atoms. The van der Waals surface area contributed by atoms with E-state index in [4.69, 9.17) is 0 Å². The summed E-state index contributed by atoms with van der Waals surface area (Å²) in [5.41, 5.74) is 1.76. The predicted octanol–water partition coefficient (Wildman–Crippen LogP) is 3.99. The molecule has 1 saturated carbocycles. The normalized spacial score (nSPS) is 18.6. The molecule has 1 amide bonds. The maximum Gasteiger partial charge on any atom is 0.251 e. The fourth-order valence-corrected chi connectivity index (χ4v) is 7.33. The highest BCUT2D eigenvalue weighted by Crippen LogP contribution is 2.27.